The maximum atomic E-state index is 13.2. The molecule has 1 N–H and O–H groups in total. The fourth-order valence-corrected chi connectivity index (χ4v) is 3.22. The molecule has 0 saturated carbocycles. The molecule has 2 aromatic carbocycles. The Bertz CT molecular complexity index is 802. The minimum Gasteiger partial charge on any atom is -0.507 e. The van der Waals surface area contributed by atoms with Crippen molar-refractivity contribution in [2.45, 2.75) is 0 Å². The summed E-state index contributed by atoms with van der Waals surface area (Å²) < 4.78 is 27.5. The number of aromatic hydroxyl groups is 1. The Balaban J connectivity index is 0.00000363. The fraction of sp³-hybridized carbons (Fsp3) is 0.522. The SMILES string of the molecule is O=C(c1cc2ccccc2cc1O)N1CCOCCOCCOCCOCCOCC1.[Cu+]. The number of amides is 1. The molecule has 8 nitrogen and oxygen atoms in total. The third-order valence-electron chi connectivity index (χ3n) is 4.88. The first-order valence-corrected chi connectivity index (χ1v) is 10.7. The Kier molecular flexibility index (Phi) is 12.6. The number of ether oxygens (including phenoxy) is 5. The number of carbonyl (C=O) groups excluding carboxylic acids is 1. The molecule has 0 aliphatic carbocycles. The smallest absolute Gasteiger partial charge is 0.507 e. The van der Waals surface area contributed by atoms with Gasteiger partial charge in [-0.2, -0.15) is 0 Å². The van der Waals surface area contributed by atoms with Crippen LogP contribution in [0.5, 0.6) is 5.75 Å². The Hall–Kier alpha value is -1.71. The van der Waals surface area contributed by atoms with Crippen molar-refractivity contribution in [2.75, 3.05) is 79.2 Å². The van der Waals surface area contributed by atoms with Crippen molar-refractivity contribution in [3.05, 3.63) is 42.0 Å². The van der Waals surface area contributed by atoms with E-state index >= 15 is 0 Å². The number of hydrogen-bond acceptors (Lipinski definition) is 7. The number of carbonyl (C=O) groups is 1. The molecule has 1 heterocycles. The quantitative estimate of drug-likeness (QED) is 0.605. The first-order chi connectivity index (χ1) is 15.3. The van der Waals surface area contributed by atoms with Crippen LogP contribution in [-0.4, -0.2) is 95.1 Å². The van der Waals surface area contributed by atoms with Gasteiger partial charge in [0.2, 0.25) is 0 Å². The zero-order chi connectivity index (χ0) is 21.7. The number of benzene rings is 2. The predicted molar refractivity (Wildman–Crippen MR) is 116 cm³/mol. The van der Waals surface area contributed by atoms with Gasteiger partial charge in [-0.3, -0.25) is 4.79 Å². The van der Waals surface area contributed by atoms with Crippen LogP contribution in [0, 0.1) is 0 Å². The molecule has 2 aromatic rings. The van der Waals surface area contributed by atoms with E-state index in [4.69, 9.17) is 23.7 Å². The molecular weight excluding hydrogens is 466 g/mol. The minimum atomic E-state index is -0.255. The van der Waals surface area contributed by atoms with Crippen LogP contribution in [0.4, 0.5) is 0 Å². The molecule has 180 valence electrons. The molecule has 1 fully saturated rings. The van der Waals surface area contributed by atoms with Crippen molar-refractivity contribution in [2.24, 2.45) is 0 Å². The zero-order valence-electron chi connectivity index (χ0n) is 18.1. The number of phenols is 1. The van der Waals surface area contributed by atoms with Crippen molar-refractivity contribution in [3.8, 4) is 5.75 Å². The van der Waals surface area contributed by atoms with Crippen LogP contribution in [0.25, 0.3) is 10.8 Å². The van der Waals surface area contributed by atoms with Crippen LogP contribution in [0.1, 0.15) is 10.4 Å². The average molecular weight is 497 g/mol. The summed E-state index contributed by atoms with van der Waals surface area (Å²) in [5.41, 5.74) is 0.271. The normalized spacial score (nSPS) is 18.3. The summed E-state index contributed by atoms with van der Waals surface area (Å²) in [6, 6.07) is 11.0. The summed E-state index contributed by atoms with van der Waals surface area (Å²) in [7, 11) is 0. The van der Waals surface area contributed by atoms with Crippen LogP contribution in [-0.2, 0) is 40.8 Å². The summed E-state index contributed by atoms with van der Waals surface area (Å²) in [4.78, 5) is 14.8. The largest absolute Gasteiger partial charge is 1.00 e. The van der Waals surface area contributed by atoms with Crippen LogP contribution < -0.4 is 0 Å². The number of hydrogen-bond donors (Lipinski definition) is 1. The van der Waals surface area contributed by atoms with Crippen LogP contribution in [0.2, 0.25) is 0 Å². The fourth-order valence-electron chi connectivity index (χ4n) is 3.22. The Labute approximate surface area is 199 Å². The maximum Gasteiger partial charge on any atom is 1.00 e. The van der Waals surface area contributed by atoms with Gasteiger partial charge in [0.05, 0.1) is 71.6 Å². The van der Waals surface area contributed by atoms with Crippen molar-refractivity contribution in [1.82, 2.24) is 4.90 Å². The van der Waals surface area contributed by atoms with E-state index in [1.165, 1.54) is 0 Å². The van der Waals surface area contributed by atoms with Crippen molar-refractivity contribution < 1.29 is 50.7 Å². The van der Waals surface area contributed by atoms with Gasteiger partial charge in [-0.05, 0) is 22.9 Å². The summed E-state index contributed by atoms with van der Waals surface area (Å²) in [6.45, 7) is 5.30. The van der Waals surface area contributed by atoms with E-state index in [2.05, 4.69) is 0 Å². The monoisotopic (exact) mass is 496 g/mol. The molecule has 0 bridgehead atoms. The van der Waals surface area contributed by atoms with Crippen molar-refractivity contribution in [1.29, 1.82) is 0 Å². The van der Waals surface area contributed by atoms with E-state index in [1.54, 1.807) is 17.0 Å². The number of phenolic OH excluding ortho intramolecular Hbond substituents is 1. The van der Waals surface area contributed by atoms with Gasteiger partial charge in [-0.25, -0.2) is 0 Å². The third-order valence-corrected chi connectivity index (χ3v) is 4.88. The number of rotatable bonds is 1. The van der Waals surface area contributed by atoms with E-state index < -0.39 is 0 Å². The van der Waals surface area contributed by atoms with E-state index in [0.29, 0.717) is 79.2 Å². The Morgan fingerprint density at radius 2 is 1.09 bits per heavy atom. The van der Waals surface area contributed by atoms with Gasteiger partial charge >= 0.3 is 17.1 Å². The van der Waals surface area contributed by atoms with Gasteiger partial charge in [-0.15, -0.1) is 0 Å². The van der Waals surface area contributed by atoms with Gasteiger partial charge in [0.1, 0.15) is 5.75 Å². The first-order valence-electron chi connectivity index (χ1n) is 10.7. The average Bonchev–Trinajstić information content (AvgIpc) is 2.78. The van der Waals surface area contributed by atoms with Gasteiger partial charge in [0.25, 0.3) is 5.91 Å². The second-order valence-electron chi connectivity index (χ2n) is 7.07. The summed E-state index contributed by atoms with van der Waals surface area (Å²) >= 11 is 0. The molecule has 0 unspecified atom stereocenters. The molecule has 0 spiro atoms. The Morgan fingerprint density at radius 1 is 0.688 bits per heavy atom. The minimum absolute atomic E-state index is 0. The first kappa shape index (κ1) is 26.5. The molecular formula is C23H31CuNO7+. The van der Waals surface area contributed by atoms with Gasteiger partial charge in [0, 0.05) is 13.1 Å². The second-order valence-corrected chi connectivity index (χ2v) is 7.07. The maximum absolute atomic E-state index is 13.2. The molecule has 0 radical (unpaired) electrons. The van der Waals surface area contributed by atoms with E-state index in [-0.39, 0.29) is 34.3 Å². The van der Waals surface area contributed by atoms with Crippen molar-refractivity contribution >= 4 is 16.7 Å². The van der Waals surface area contributed by atoms with E-state index in [1.807, 2.05) is 24.3 Å². The summed E-state index contributed by atoms with van der Waals surface area (Å²) in [6.07, 6.45) is 0. The Morgan fingerprint density at radius 3 is 1.56 bits per heavy atom. The van der Waals surface area contributed by atoms with Crippen molar-refractivity contribution in [3.63, 3.8) is 0 Å². The summed E-state index contributed by atoms with van der Waals surface area (Å²) in [5.74, 6) is -0.288. The molecule has 3 rings (SSSR count). The van der Waals surface area contributed by atoms with Gasteiger partial charge < -0.3 is 33.7 Å². The second kappa shape index (κ2) is 15.2. The molecule has 1 aliphatic rings. The molecule has 32 heavy (non-hydrogen) atoms. The van der Waals surface area contributed by atoms with Gasteiger partial charge in [-0.1, -0.05) is 24.3 Å². The molecule has 0 aromatic heterocycles. The molecule has 0 atom stereocenters. The van der Waals surface area contributed by atoms with E-state index in [0.717, 1.165) is 10.8 Å². The van der Waals surface area contributed by atoms with Crippen LogP contribution >= 0.6 is 0 Å². The molecule has 9 heteroatoms. The number of fused-ring (bicyclic) bond motifs is 1. The van der Waals surface area contributed by atoms with Crippen LogP contribution in [0.15, 0.2) is 36.4 Å². The zero-order valence-corrected chi connectivity index (χ0v) is 19.0. The standard InChI is InChI=1S/C23H31NO7.Cu/c25-22-18-20-4-2-1-3-19(20)17-21(22)23(26)24-5-7-27-9-11-29-13-15-31-16-14-30-12-10-28-8-6-24;/h1-4,17-18,25H,5-16H2;/q;+1. The topological polar surface area (TPSA) is 86.7 Å². The summed E-state index contributed by atoms with van der Waals surface area (Å²) in [5, 5.41) is 12.2. The third kappa shape index (κ3) is 8.67. The van der Waals surface area contributed by atoms with E-state index in [9.17, 15) is 9.90 Å². The molecule has 1 aliphatic heterocycles. The molecule has 1 amide bonds. The predicted octanol–water partition coefficient (Wildman–Crippen LogP) is 2.08. The molecule has 1 saturated heterocycles. The number of nitrogens with zero attached hydrogens (tertiary/aromatic N) is 1. The van der Waals surface area contributed by atoms with Crippen LogP contribution in [0.3, 0.4) is 0 Å². The van der Waals surface area contributed by atoms with Gasteiger partial charge in [0.15, 0.2) is 0 Å².